The van der Waals surface area contributed by atoms with E-state index in [0.29, 0.717) is 33.2 Å². The molecule has 0 bridgehead atoms. The maximum absolute atomic E-state index is 12.4. The molecule has 0 saturated heterocycles. The van der Waals surface area contributed by atoms with Gasteiger partial charge in [-0.2, -0.15) is 0 Å². The molecule has 1 amide bonds. The summed E-state index contributed by atoms with van der Waals surface area (Å²) in [6.45, 7) is 2.16. The minimum absolute atomic E-state index is 0.0669. The molecule has 3 rings (SSSR count). The Labute approximate surface area is 200 Å². The first-order valence-electron chi connectivity index (χ1n) is 9.78. The molecule has 0 spiro atoms. The van der Waals surface area contributed by atoms with Crippen LogP contribution < -0.4 is 14.8 Å². The van der Waals surface area contributed by atoms with Gasteiger partial charge in [0, 0.05) is 7.05 Å². The van der Waals surface area contributed by atoms with Crippen molar-refractivity contribution in [2.45, 2.75) is 18.7 Å². The monoisotopic (exact) mass is 490 g/mol. The number of aromatic nitrogens is 3. The zero-order chi connectivity index (χ0) is 24.0. The highest BCUT2D eigenvalue weighted by atomic mass is 35.5. The molecule has 1 heterocycles. The molecule has 0 fully saturated rings. The molecule has 0 aliphatic rings. The lowest BCUT2D eigenvalue weighted by Gasteiger charge is -2.11. The van der Waals surface area contributed by atoms with Crippen LogP contribution in [-0.4, -0.2) is 46.6 Å². The number of hydrogen-bond acceptors (Lipinski definition) is 8. The second kappa shape index (κ2) is 11.1. The van der Waals surface area contributed by atoms with Crippen molar-refractivity contribution in [1.82, 2.24) is 14.8 Å². The fraction of sp³-hybridized carbons (Fsp3) is 0.273. The van der Waals surface area contributed by atoms with Gasteiger partial charge in [0.1, 0.15) is 6.61 Å². The molecular weight excluding hydrogens is 468 g/mol. The van der Waals surface area contributed by atoms with Crippen molar-refractivity contribution >= 4 is 40.9 Å². The van der Waals surface area contributed by atoms with Crippen molar-refractivity contribution < 1.29 is 23.8 Å². The van der Waals surface area contributed by atoms with Crippen LogP contribution in [-0.2, 0) is 23.2 Å². The molecule has 174 valence electrons. The lowest BCUT2D eigenvalue weighted by atomic mass is 10.2. The number of hydrogen-bond donors (Lipinski definition) is 1. The maximum atomic E-state index is 12.4. The van der Waals surface area contributed by atoms with E-state index in [2.05, 4.69) is 20.3 Å². The molecular formula is C22H23ClN4O5S. The minimum atomic E-state index is -0.520. The summed E-state index contributed by atoms with van der Waals surface area (Å²) in [5, 5.41) is 11.8. The molecule has 1 N–H and O–H groups in total. The molecule has 9 nitrogen and oxygen atoms in total. The molecule has 0 aliphatic heterocycles. The normalized spacial score (nSPS) is 10.6. The number of benzene rings is 2. The zero-order valence-electron chi connectivity index (χ0n) is 18.5. The van der Waals surface area contributed by atoms with Gasteiger partial charge >= 0.3 is 5.97 Å². The van der Waals surface area contributed by atoms with Crippen molar-refractivity contribution in [3.8, 4) is 11.5 Å². The predicted octanol–water partition coefficient (Wildman–Crippen LogP) is 3.88. The summed E-state index contributed by atoms with van der Waals surface area (Å²) in [5.74, 6) is 1.07. The molecule has 1 aromatic heterocycles. The highest BCUT2D eigenvalue weighted by molar-refractivity contribution is 7.99. The van der Waals surface area contributed by atoms with Crippen LogP contribution in [0.5, 0.6) is 11.5 Å². The summed E-state index contributed by atoms with van der Waals surface area (Å²) in [6.07, 6.45) is 0. The molecule has 33 heavy (non-hydrogen) atoms. The van der Waals surface area contributed by atoms with Gasteiger partial charge in [0.25, 0.3) is 0 Å². The third kappa shape index (κ3) is 6.17. The van der Waals surface area contributed by atoms with Gasteiger partial charge in [-0.1, -0.05) is 29.4 Å². The summed E-state index contributed by atoms with van der Waals surface area (Å²) in [6, 6.07) is 10.2. The number of halogens is 1. The van der Waals surface area contributed by atoms with E-state index in [4.69, 9.17) is 21.1 Å². The van der Waals surface area contributed by atoms with Crippen LogP contribution in [0.3, 0.4) is 0 Å². The predicted molar refractivity (Wildman–Crippen MR) is 125 cm³/mol. The number of methoxy groups -OCH3 is 2. The second-order valence-electron chi connectivity index (χ2n) is 6.92. The van der Waals surface area contributed by atoms with Gasteiger partial charge in [-0.15, -0.1) is 10.2 Å². The highest BCUT2D eigenvalue weighted by Gasteiger charge is 2.15. The Hall–Kier alpha value is -3.24. The standard InChI is InChI=1S/C22H23ClN4O5S/c1-13-5-8-17(18(9-13)30-3)32-11-19-25-26-22(27(19)2)33-12-20(28)24-16-10-14(21(29)31-4)6-7-15(16)23/h5-10H,11-12H2,1-4H3,(H,24,28). The lowest BCUT2D eigenvalue weighted by Crippen LogP contribution is -2.15. The van der Waals surface area contributed by atoms with Crippen molar-refractivity contribution in [2.24, 2.45) is 7.05 Å². The quantitative estimate of drug-likeness (QED) is 0.356. The Morgan fingerprint density at radius 1 is 1.12 bits per heavy atom. The summed E-state index contributed by atoms with van der Waals surface area (Å²) in [4.78, 5) is 24.1. The number of rotatable bonds is 9. The van der Waals surface area contributed by atoms with Gasteiger partial charge in [0.05, 0.1) is 36.2 Å². The average molecular weight is 491 g/mol. The number of carbonyl (C=O) groups excluding carboxylic acids is 2. The van der Waals surface area contributed by atoms with E-state index in [0.717, 1.165) is 5.56 Å². The van der Waals surface area contributed by atoms with Crippen LogP contribution in [0.1, 0.15) is 21.7 Å². The van der Waals surface area contributed by atoms with Gasteiger partial charge < -0.3 is 24.1 Å². The minimum Gasteiger partial charge on any atom is -0.493 e. The molecule has 0 radical (unpaired) electrons. The Bertz CT molecular complexity index is 1170. The lowest BCUT2D eigenvalue weighted by molar-refractivity contribution is -0.113. The molecule has 0 aliphatic carbocycles. The molecule has 11 heteroatoms. The SMILES string of the molecule is COC(=O)c1ccc(Cl)c(NC(=O)CSc2nnc(COc3ccc(C)cc3OC)n2C)c1. The zero-order valence-corrected chi connectivity index (χ0v) is 20.1. The Kier molecular flexibility index (Phi) is 8.18. The van der Waals surface area contributed by atoms with Crippen LogP contribution in [0.2, 0.25) is 5.02 Å². The van der Waals surface area contributed by atoms with Crippen LogP contribution in [0.25, 0.3) is 0 Å². The van der Waals surface area contributed by atoms with E-state index in [9.17, 15) is 9.59 Å². The third-order valence-electron chi connectivity index (χ3n) is 4.59. The largest absolute Gasteiger partial charge is 0.493 e. The highest BCUT2D eigenvalue weighted by Crippen LogP contribution is 2.29. The van der Waals surface area contributed by atoms with Crippen molar-refractivity contribution in [3.05, 3.63) is 58.4 Å². The number of ether oxygens (including phenoxy) is 3. The first-order chi connectivity index (χ1) is 15.8. The van der Waals surface area contributed by atoms with Crippen LogP contribution in [0, 0.1) is 6.92 Å². The van der Waals surface area contributed by atoms with Crippen molar-refractivity contribution in [1.29, 1.82) is 0 Å². The first-order valence-corrected chi connectivity index (χ1v) is 11.1. The Balaban J connectivity index is 1.59. The van der Waals surface area contributed by atoms with E-state index in [1.54, 1.807) is 18.7 Å². The number of nitrogens with zero attached hydrogens (tertiary/aromatic N) is 3. The number of anilines is 1. The molecule has 0 atom stereocenters. The van der Waals surface area contributed by atoms with Gasteiger partial charge in [0.15, 0.2) is 22.5 Å². The summed E-state index contributed by atoms with van der Waals surface area (Å²) in [7, 11) is 4.66. The number of amides is 1. The van der Waals surface area contributed by atoms with Crippen molar-refractivity contribution in [2.75, 3.05) is 25.3 Å². The van der Waals surface area contributed by atoms with E-state index >= 15 is 0 Å². The van der Waals surface area contributed by atoms with Gasteiger partial charge in [-0.25, -0.2) is 4.79 Å². The van der Waals surface area contributed by atoms with Crippen molar-refractivity contribution in [3.63, 3.8) is 0 Å². The smallest absolute Gasteiger partial charge is 0.337 e. The Morgan fingerprint density at radius 3 is 2.64 bits per heavy atom. The fourth-order valence-electron chi connectivity index (χ4n) is 2.82. The molecule has 2 aromatic carbocycles. The molecule has 0 unspecified atom stereocenters. The van der Waals surface area contributed by atoms with E-state index in [-0.39, 0.29) is 23.8 Å². The van der Waals surface area contributed by atoms with Gasteiger partial charge in [-0.3, -0.25) is 4.79 Å². The number of nitrogens with one attached hydrogen (secondary N) is 1. The molecule has 3 aromatic rings. The number of carbonyl (C=O) groups is 2. The topological polar surface area (TPSA) is 105 Å². The average Bonchev–Trinajstić information content (AvgIpc) is 3.16. The first kappa shape index (κ1) is 24.4. The van der Waals surface area contributed by atoms with Crippen LogP contribution in [0.15, 0.2) is 41.6 Å². The number of aryl methyl sites for hydroxylation is 1. The second-order valence-corrected chi connectivity index (χ2v) is 8.27. The maximum Gasteiger partial charge on any atom is 0.337 e. The Morgan fingerprint density at radius 2 is 1.91 bits per heavy atom. The molecule has 0 saturated carbocycles. The summed E-state index contributed by atoms with van der Waals surface area (Å²) >= 11 is 7.34. The van der Waals surface area contributed by atoms with E-state index in [1.165, 1.54) is 37.1 Å². The van der Waals surface area contributed by atoms with E-state index < -0.39 is 5.97 Å². The fourth-order valence-corrected chi connectivity index (χ4v) is 3.71. The third-order valence-corrected chi connectivity index (χ3v) is 5.94. The summed E-state index contributed by atoms with van der Waals surface area (Å²) in [5.41, 5.74) is 1.67. The number of esters is 1. The van der Waals surface area contributed by atoms with Gasteiger partial charge in [-0.05, 0) is 42.8 Å². The van der Waals surface area contributed by atoms with Gasteiger partial charge in [0.2, 0.25) is 5.91 Å². The number of thioether (sulfide) groups is 1. The van der Waals surface area contributed by atoms with E-state index in [1.807, 2.05) is 25.1 Å². The van der Waals surface area contributed by atoms with Crippen LogP contribution >= 0.6 is 23.4 Å². The van der Waals surface area contributed by atoms with Crippen LogP contribution in [0.4, 0.5) is 5.69 Å². The summed E-state index contributed by atoms with van der Waals surface area (Å²) < 4.78 is 17.6.